The van der Waals surface area contributed by atoms with Crippen molar-refractivity contribution in [3.8, 4) is 0 Å². The summed E-state index contributed by atoms with van der Waals surface area (Å²) in [4.78, 5) is 14.8. The molecule has 1 N–H and O–H groups in total. The molecular formula is C17H24N2O2. The molecule has 114 valence electrons. The second kappa shape index (κ2) is 5.78. The number of nitrogens with zero attached hydrogens (tertiary/aromatic N) is 1. The van der Waals surface area contributed by atoms with Crippen molar-refractivity contribution in [2.75, 3.05) is 13.7 Å². The van der Waals surface area contributed by atoms with Gasteiger partial charge in [0.1, 0.15) is 5.54 Å². The van der Waals surface area contributed by atoms with Crippen molar-refractivity contribution in [3.63, 3.8) is 0 Å². The summed E-state index contributed by atoms with van der Waals surface area (Å²) in [5.74, 6) is -0.0910. The molecule has 4 nitrogen and oxygen atoms in total. The summed E-state index contributed by atoms with van der Waals surface area (Å²) in [5.41, 5.74) is 2.36. The Morgan fingerprint density at radius 1 is 1.38 bits per heavy atom. The van der Waals surface area contributed by atoms with Crippen molar-refractivity contribution in [1.29, 1.82) is 0 Å². The van der Waals surface area contributed by atoms with Crippen LogP contribution in [0.25, 0.3) is 0 Å². The topological polar surface area (TPSA) is 41.6 Å². The van der Waals surface area contributed by atoms with E-state index in [4.69, 9.17) is 4.74 Å². The number of carbonyl (C=O) groups is 1. The van der Waals surface area contributed by atoms with Crippen molar-refractivity contribution in [3.05, 3.63) is 35.4 Å². The Kier molecular flexibility index (Phi) is 4.00. The maximum Gasteiger partial charge on any atom is 0.326 e. The highest BCUT2D eigenvalue weighted by molar-refractivity contribution is 5.81. The first-order valence-electron chi connectivity index (χ1n) is 7.85. The van der Waals surface area contributed by atoms with E-state index in [1.165, 1.54) is 11.1 Å². The molecule has 0 amide bonds. The zero-order valence-electron chi connectivity index (χ0n) is 12.9. The van der Waals surface area contributed by atoms with Crippen LogP contribution in [0.1, 0.15) is 37.3 Å². The van der Waals surface area contributed by atoms with Gasteiger partial charge in [-0.3, -0.25) is 9.69 Å². The van der Waals surface area contributed by atoms with Gasteiger partial charge in [0.25, 0.3) is 0 Å². The number of benzene rings is 1. The van der Waals surface area contributed by atoms with Gasteiger partial charge in [0.05, 0.1) is 6.61 Å². The maximum atomic E-state index is 12.3. The van der Waals surface area contributed by atoms with E-state index in [1.54, 1.807) is 0 Å². The highest BCUT2D eigenvalue weighted by Gasteiger charge is 2.47. The minimum absolute atomic E-state index is 0.0910. The van der Waals surface area contributed by atoms with Gasteiger partial charge in [-0.25, -0.2) is 0 Å². The normalized spacial score (nSPS) is 28.6. The first-order valence-corrected chi connectivity index (χ1v) is 7.85. The van der Waals surface area contributed by atoms with E-state index < -0.39 is 5.54 Å². The second-order valence-corrected chi connectivity index (χ2v) is 6.12. The molecule has 4 heteroatoms. The minimum Gasteiger partial charge on any atom is -0.465 e. The molecule has 1 saturated carbocycles. The first-order chi connectivity index (χ1) is 10.2. The third kappa shape index (κ3) is 2.58. The van der Waals surface area contributed by atoms with Crippen LogP contribution in [0.3, 0.4) is 0 Å². The monoisotopic (exact) mass is 288 g/mol. The van der Waals surface area contributed by atoms with Gasteiger partial charge < -0.3 is 10.1 Å². The number of esters is 1. The van der Waals surface area contributed by atoms with Crippen molar-refractivity contribution < 1.29 is 9.53 Å². The lowest BCUT2D eigenvalue weighted by atomic mass is 9.97. The molecule has 0 bridgehead atoms. The number of hydrogen-bond donors (Lipinski definition) is 1. The molecule has 1 aromatic carbocycles. The van der Waals surface area contributed by atoms with Gasteiger partial charge in [0, 0.05) is 19.1 Å². The van der Waals surface area contributed by atoms with E-state index in [-0.39, 0.29) is 5.97 Å². The summed E-state index contributed by atoms with van der Waals surface area (Å²) < 4.78 is 5.27. The summed E-state index contributed by atoms with van der Waals surface area (Å²) in [6, 6.07) is 9.08. The molecular weight excluding hydrogens is 264 g/mol. The maximum absolute atomic E-state index is 12.3. The highest BCUT2D eigenvalue weighted by Crippen LogP contribution is 2.37. The second-order valence-electron chi connectivity index (χ2n) is 6.12. The van der Waals surface area contributed by atoms with Crippen LogP contribution < -0.4 is 5.32 Å². The lowest BCUT2D eigenvalue weighted by Gasteiger charge is -2.28. The predicted octanol–water partition coefficient (Wildman–Crippen LogP) is 2.08. The summed E-state index contributed by atoms with van der Waals surface area (Å²) in [6.45, 7) is 4.32. The van der Waals surface area contributed by atoms with E-state index in [0.717, 1.165) is 32.4 Å². The third-order valence-electron chi connectivity index (χ3n) is 5.01. The van der Waals surface area contributed by atoms with Crippen molar-refractivity contribution in [2.45, 2.75) is 50.9 Å². The van der Waals surface area contributed by atoms with Crippen LogP contribution in [0.4, 0.5) is 0 Å². The molecule has 2 unspecified atom stereocenters. The van der Waals surface area contributed by atoms with Crippen LogP contribution in [-0.4, -0.2) is 36.1 Å². The van der Waals surface area contributed by atoms with E-state index in [1.807, 2.05) is 14.0 Å². The Labute approximate surface area is 126 Å². The summed E-state index contributed by atoms with van der Waals surface area (Å²) in [5, 5.41) is 3.24. The molecule has 0 radical (unpaired) electrons. The standard InChI is InChI=1S/C17H24N2O2/c1-3-21-16(20)17(18-2)9-8-15(10-17)19-11-13-6-4-5-7-14(13)12-19/h4-7,15,18H,3,8-12H2,1-2H3. The zero-order valence-corrected chi connectivity index (χ0v) is 12.9. The van der Waals surface area contributed by atoms with Crippen molar-refractivity contribution >= 4 is 5.97 Å². The fraction of sp³-hybridized carbons (Fsp3) is 0.588. The number of ether oxygens (including phenoxy) is 1. The van der Waals surface area contributed by atoms with E-state index >= 15 is 0 Å². The van der Waals surface area contributed by atoms with E-state index in [9.17, 15) is 4.79 Å². The van der Waals surface area contributed by atoms with Crippen LogP contribution in [0, 0.1) is 0 Å². The molecule has 0 aromatic heterocycles. The third-order valence-corrected chi connectivity index (χ3v) is 5.01. The smallest absolute Gasteiger partial charge is 0.326 e. The molecule has 0 spiro atoms. The molecule has 1 aromatic rings. The minimum atomic E-state index is -0.491. The zero-order chi connectivity index (χ0) is 14.9. The Balaban J connectivity index is 1.69. The Morgan fingerprint density at radius 3 is 2.62 bits per heavy atom. The van der Waals surface area contributed by atoms with Crippen LogP contribution in [-0.2, 0) is 22.6 Å². The molecule has 21 heavy (non-hydrogen) atoms. The number of rotatable bonds is 4. The molecule has 1 heterocycles. The molecule has 0 saturated heterocycles. The van der Waals surface area contributed by atoms with Gasteiger partial charge in [-0.1, -0.05) is 24.3 Å². The number of likely N-dealkylation sites (N-methyl/N-ethyl adjacent to an activating group) is 1. The van der Waals surface area contributed by atoms with Crippen molar-refractivity contribution in [2.24, 2.45) is 0 Å². The van der Waals surface area contributed by atoms with Gasteiger partial charge in [-0.15, -0.1) is 0 Å². The molecule has 3 rings (SSSR count). The SMILES string of the molecule is CCOC(=O)C1(NC)CCC(N2Cc3ccccc3C2)C1. The molecule has 2 aliphatic rings. The Bertz CT molecular complexity index is 506. The molecule has 1 fully saturated rings. The van der Waals surface area contributed by atoms with Gasteiger partial charge in [0.15, 0.2) is 0 Å². The first kappa shape index (κ1) is 14.5. The van der Waals surface area contributed by atoms with Crippen LogP contribution in [0.2, 0.25) is 0 Å². The Morgan fingerprint density at radius 2 is 2.05 bits per heavy atom. The average molecular weight is 288 g/mol. The fourth-order valence-electron chi connectivity index (χ4n) is 3.73. The van der Waals surface area contributed by atoms with Crippen molar-refractivity contribution in [1.82, 2.24) is 10.2 Å². The molecule has 1 aliphatic heterocycles. The number of hydrogen-bond acceptors (Lipinski definition) is 4. The van der Waals surface area contributed by atoms with E-state index in [2.05, 4.69) is 34.5 Å². The summed E-state index contributed by atoms with van der Waals surface area (Å²) in [7, 11) is 1.87. The average Bonchev–Trinajstić information content (AvgIpc) is 3.12. The number of nitrogens with one attached hydrogen (secondary N) is 1. The number of fused-ring (bicyclic) bond motifs is 1. The molecule has 1 aliphatic carbocycles. The summed E-state index contributed by atoms with van der Waals surface area (Å²) in [6.07, 6.45) is 2.75. The van der Waals surface area contributed by atoms with Crippen LogP contribution in [0.15, 0.2) is 24.3 Å². The quantitative estimate of drug-likeness (QED) is 0.861. The number of carbonyl (C=O) groups excluding carboxylic acids is 1. The van der Waals surface area contributed by atoms with Gasteiger partial charge >= 0.3 is 5.97 Å². The Hall–Kier alpha value is -1.39. The highest BCUT2D eigenvalue weighted by atomic mass is 16.5. The van der Waals surface area contributed by atoms with Gasteiger partial charge in [0.2, 0.25) is 0 Å². The van der Waals surface area contributed by atoms with Crippen LogP contribution >= 0.6 is 0 Å². The summed E-state index contributed by atoms with van der Waals surface area (Å²) >= 11 is 0. The fourth-order valence-corrected chi connectivity index (χ4v) is 3.73. The van der Waals surface area contributed by atoms with Gasteiger partial charge in [-0.2, -0.15) is 0 Å². The lowest BCUT2D eigenvalue weighted by Crippen LogP contribution is -2.50. The lowest BCUT2D eigenvalue weighted by molar-refractivity contribution is -0.151. The molecule has 2 atom stereocenters. The largest absolute Gasteiger partial charge is 0.465 e. The predicted molar refractivity (Wildman–Crippen MR) is 81.8 cm³/mol. The van der Waals surface area contributed by atoms with Gasteiger partial charge in [-0.05, 0) is 44.4 Å². The van der Waals surface area contributed by atoms with E-state index in [0.29, 0.717) is 12.6 Å². The van der Waals surface area contributed by atoms with Crippen LogP contribution in [0.5, 0.6) is 0 Å².